The first-order chi connectivity index (χ1) is 14.8. The van der Waals surface area contributed by atoms with E-state index in [1.54, 1.807) is 14.2 Å². The van der Waals surface area contributed by atoms with Gasteiger partial charge in [-0.3, -0.25) is 0 Å². The second kappa shape index (κ2) is 13.8. The van der Waals surface area contributed by atoms with E-state index in [1.807, 2.05) is 12.1 Å². The molecule has 2 aliphatic rings. The van der Waals surface area contributed by atoms with Crippen molar-refractivity contribution in [2.24, 2.45) is 0 Å². The summed E-state index contributed by atoms with van der Waals surface area (Å²) in [6.45, 7) is 0. The van der Waals surface area contributed by atoms with E-state index in [2.05, 4.69) is 72.8 Å². The minimum atomic E-state index is 0. The van der Waals surface area contributed by atoms with E-state index in [-0.39, 0.29) is 77.2 Å². The maximum Gasteiger partial charge on any atom is 2.00 e. The topological polar surface area (TPSA) is 18.5 Å². The summed E-state index contributed by atoms with van der Waals surface area (Å²) < 4.78 is 10.4. The molecule has 0 N–H and O–H groups in total. The first kappa shape index (κ1) is 30.9. The van der Waals surface area contributed by atoms with Crippen molar-refractivity contribution in [1.82, 2.24) is 0 Å². The van der Waals surface area contributed by atoms with Crippen LogP contribution in [0.2, 0.25) is 0 Å². The predicted molar refractivity (Wildman–Crippen MR) is 120 cm³/mol. The second-order valence-electron chi connectivity index (χ2n) is 7.51. The normalized spacial score (nSPS) is 10.6. The molecule has 0 aliphatic heterocycles. The molecule has 0 spiro atoms. The number of fused-ring (bicyclic) bond motifs is 6. The summed E-state index contributed by atoms with van der Waals surface area (Å²) in [5, 5.41) is 0. The Balaban J connectivity index is 0.000000304. The summed E-state index contributed by atoms with van der Waals surface area (Å²) in [5.74, 6) is 1.64. The zero-order chi connectivity index (χ0) is 20.5. The fourth-order valence-electron chi connectivity index (χ4n) is 4.31. The van der Waals surface area contributed by atoms with Crippen LogP contribution in [-0.4, -0.2) is 14.2 Å². The van der Waals surface area contributed by atoms with Crippen LogP contribution >= 0.6 is 0 Å². The molecule has 0 heterocycles. The van der Waals surface area contributed by atoms with E-state index in [0.29, 0.717) is 0 Å². The molecule has 0 unspecified atom stereocenters. The Labute approximate surface area is 252 Å². The van der Waals surface area contributed by atoms with Crippen LogP contribution in [0, 0.1) is 12.1 Å². The molecule has 34 heavy (non-hydrogen) atoms. The smallest absolute Gasteiger partial charge is 1.00 e. The van der Waals surface area contributed by atoms with Crippen molar-refractivity contribution in [3.63, 3.8) is 0 Å². The largest absolute Gasteiger partial charge is 2.00 e. The Hall–Kier alpha value is -1.17. The van der Waals surface area contributed by atoms with Crippen LogP contribution in [0.1, 0.15) is 22.3 Å². The molecule has 4 aromatic rings. The van der Waals surface area contributed by atoms with Crippen molar-refractivity contribution in [2.45, 2.75) is 12.8 Å². The van der Waals surface area contributed by atoms with Gasteiger partial charge in [-0.2, -0.15) is 12.1 Å². The predicted octanol–water partition coefficient (Wildman–Crippen LogP) is 0.136. The van der Waals surface area contributed by atoms with E-state index in [4.69, 9.17) is 9.47 Å². The van der Waals surface area contributed by atoms with Crippen molar-refractivity contribution in [1.29, 1.82) is 0 Å². The van der Waals surface area contributed by atoms with Gasteiger partial charge in [0.2, 0.25) is 0 Å². The first-order valence-corrected chi connectivity index (χ1v) is 10.1. The molecule has 6 heteroatoms. The SMILES string of the molecule is COc1[c-]c2c(cc1)-c1ccccc1C2.COc1[c-]c2c(cc1)-c1ccccc1C2.[Cl-].[Cl-].[Zr+2].[Zr+2]. The third-order valence-electron chi connectivity index (χ3n) is 5.79. The molecule has 0 saturated heterocycles. The Bertz CT molecular complexity index is 1150. The van der Waals surface area contributed by atoms with Crippen LogP contribution in [0.4, 0.5) is 0 Å². The van der Waals surface area contributed by atoms with E-state index in [1.165, 1.54) is 44.5 Å². The molecule has 0 fully saturated rings. The van der Waals surface area contributed by atoms with Gasteiger partial charge in [0.1, 0.15) is 0 Å². The summed E-state index contributed by atoms with van der Waals surface area (Å²) in [6.07, 6.45) is 1.95. The molecule has 4 aromatic carbocycles. The Morgan fingerprint density at radius 1 is 0.529 bits per heavy atom. The molecule has 0 aromatic heterocycles. The van der Waals surface area contributed by atoms with Crippen molar-refractivity contribution in [3.05, 3.63) is 107 Å². The van der Waals surface area contributed by atoms with E-state index < -0.39 is 0 Å². The molecule has 0 atom stereocenters. The van der Waals surface area contributed by atoms with Gasteiger partial charge in [0, 0.05) is 11.5 Å². The van der Waals surface area contributed by atoms with E-state index >= 15 is 0 Å². The maximum absolute atomic E-state index is 5.18. The molecular formula is C28H22Cl2O2Zr2. The summed E-state index contributed by atoms with van der Waals surface area (Å²) in [4.78, 5) is 0. The van der Waals surface area contributed by atoms with Crippen LogP contribution in [0.15, 0.2) is 72.8 Å². The van der Waals surface area contributed by atoms with Crippen LogP contribution in [0.25, 0.3) is 22.3 Å². The van der Waals surface area contributed by atoms with Crippen molar-refractivity contribution >= 4 is 0 Å². The zero-order valence-corrected chi connectivity index (χ0v) is 25.3. The van der Waals surface area contributed by atoms with Crippen LogP contribution in [0.3, 0.4) is 0 Å². The monoisotopic (exact) mass is 640 g/mol. The van der Waals surface area contributed by atoms with Gasteiger partial charge >= 0.3 is 52.4 Å². The second-order valence-corrected chi connectivity index (χ2v) is 7.51. The third kappa shape index (κ3) is 6.14. The Morgan fingerprint density at radius 3 is 1.29 bits per heavy atom. The van der Waals surface area contributed by atoms with Crippen molar-refractivity contribution < 1.29 is 86.7 Å². The van der Waals surface area contributed by atoms with Gasteiger partial charge in [0.05, 0.1) is 14.2 Å². The van der Waals surface area contributed by atoms with Crippen LogP contribution in [-0.2, 0) is 65.2 Å². The fourth-order valence-corrected chi connectivity index (χ4v) is 4.31. The number of rotatable bonds is 2. The average Bonchev–Trinajstić information content (AvgIpc) is 3.36. The minimum Gasteiger partial charge on any atom is -1.00 e. The molecule has 2 nitrogen and oxygen atoms in total. The van der Waals surface area contributed by atoms with Gasteiger partial charge in [0.15, 0.2) is 0 Å². The standard InChI is InChI=1S/2C14H11O.2ClH.2Zr/c2*1-15-12-6-7-14-11(9-12)8-10-4-2-3-5-13(10)14;;;;/h2*2-7H,8H2,1H3;2*1H;;/q2*-1;;;2*+2/p-2. The Kier molecular flexibility index (Phi) is 12.5. The Morgan fingerprint density at radius 2 is 0.912 bits per heavy atom. The summed E-state index contributed by atoms with van der Waals surface area (Å²) in [7, 11) is 3.36. The molecule has 0 saturated carbocycles. The number of hydrogen-bond acceptors (Lipinski definition) is 2. The minimum absolute atomic E-state index is 0. The van der Waals surface area contributed by atoms with Crippen molar-refractivity contribution in [3.8, 4) is 33.8 Å². The third-order valence-corrected chi connectivity index (χ3v) is 5.79. The molecule has 6 rings (SSSR count). The van der Waals surface area contributed by atoms with Crippen LogP contribution in [0.5, 0.6) is 11.5 Å². The molecule has 0 amide bonds. The van der Waals surface area contributed by atoms with E-state index in [9.17, 15) is 0 Å². The number of ether oxygens (including phenoxy) is 2. The summed E-state index contributed by atoms with van der Waals surface area (Å²) >= 11 is 0. The van der Waals surface area contributed by atoms with E-state index in [0.717, 1.165) is 24.3 Å². The maximum atomic E-state index is 5.18. The zero-order valence-electron chi connectivity index (χ0n) is 18.9. The molecule has 2 aliphatic carbocycles. The van der Waals surface area contributed by atoms with Gasteiger partial charge in [-0.15, -0.1) is 46.5 Å². The first-order valence-electron chi connectivity index (χ1n) is 10.1. The molecule has 168 valence electrons. The van der Waals surface area contributed by atoms with Gasteiger partial charge in [-0.05, 0) is 12.8 Å². The number of hydrogen-bond donors (Lipinski definition) is 0. The number of benzene rings is 4. The van der Waals surface area contributed by atoms with Crippen LogP contribution < -0.4 is 34.3 Å². The summed E-state index contributed by atoms with van der Waals surface area (Å²) in [5.41, 5.74) is 10.5. The van der Waals surface area contributed by atoms with Gasteiger partial charge in [0.25, 0.3) is 0 Å². The fraction of sp³-hybridized carbons (Fsp3) is 0.143. The summed E-state index contributed by atoms with van der Waals surface area (Å²) in [6, 6.07) is 31.8. The van der Waals surface area contributed by atoms with Gasteiger partial charge in [-0.25, -0.2) is 0 Å². The van der Waals surface area contributed by atoms with Gasteiger partial charge < -0.3 is 34.3 Å². The molecule has 0 radical (unpaired) electrons. The number of halogens is 2. The average molecular weight is 644 g/mol. The van der Waals surface area contributed by atoms with Gasteiger partial charge in [-0.1, -0.05) is 70.8 Å². The quantitative estimate of drug-likeness (QED) is 0.250. The molecular weight excluding hydrogens is 622 g/mol. The number of methoxy groups -OCH3 is 2. The molecule has 0 bridgehead atoms. The van der Waals surface area contributed by atoms with Crippen molar-refractivity contribution in [2.75, 3.05) is 14.2 Å².